The second-order valence-electron chi connectivity index (χ2n) is 5.76. The first-order valence-corrected chi connectivity index (χ1v) is 8.59. The zero-order valence-corrected chi connectivity index (χ0v) is 12.7. The van der Waals surface area contributed by atoms with Gasteiger partial charge in [0.15, 0.2) is 0 Å². The molecular weight excluding hydrogens is 256 g/mol. The van der Waals surface area contributed by atoms with Gasteiger partial charge in [0.25, 0.3) is 0 Å². The maximum atomic E-state index is 12.8. The largest absolute Gasteiger partial charge is 0.339 e. The Hall–Kier alpha value is -0.690. The van der Waals surface area contributed by atoms with Gasteiger partial charge < -0.3 is 4.90 Å². The van der Waals surface area contributed by atoms with Crippen molar-refractivity contribution in [1.29, 1.82) is 5.26 Å². The van der Waals surface area contributed by atoms with Crippen LogP contribution < -0.4 is 0 Å². The number of amides is 1. The van der Waals surface area contributed by atoms with E-state index >= 15 is 0 Å². The molecule has 3 nitrogen and oxygen atoms in total. The van der Waals surface area contributed by atoms with Gasteiger partial charge in [-0.1, -0.05) is 32.6 Å². The molecule has 0 N–H and O–H groups in total. The zero-order valence-electron chi connectivity index (χ0n) is 11.9. The second kappa shape index (κ2) is 6.65. The summed E-state index contributed by atoms with van der Waals surface area (Å²) in [6.07, 6.45) is 7.03. The van der Waals surface area contributed by atoms with Gasteiger partial charge in [0.1, 0.15) is 5.41 Å². The van der Waals surface area contributed by atoms with Crippen molar-refractivity contribution >= 4 is 17.7 Å². The number of carbonyl (C=O) groups excluding carboxylic acids is 1. The number of thioether (sulfide) groups is 1. The molecular formula is C15H24N2OS. The molecule has 0 aromatic heterocycles. The third-order valence-corrected chi connectivity index (χ3v) is 5.83. The van der Waals surface area contributed by atoms with Crippen LogP contribution in [0.15, 0.2) is 0 Å². The fourth-order valence-electron chi connectivity index (χ4n) is 3.16. The predicted molar refractivity (Wildman–Crippen MR) is 78.9 cm³/mol. The van der Waals surface area contributed by atoms with Crippen LogP contribution in [0, 0.1) is 16.7 Å². The highest BCUT2D eigenvalue weighted by Gasteiger charge is 2.42. The Labute approximate surface area is 120 Å². The summed E-state index contributed by atoms with van der Waals surface area (Å²) < 4.78 is 0. The van der Waals surface area contributed by atoms with E-state index in [9.17, 15) is 10.1 Å². The lowest BCUT2D eigenvalue weighted by Gasteiger charge is -2.37. The highest BCUT2D eigenvalue weighted by atomic mass is 32.2. The fourth-order valence-corrected chi connectivity index (χ4v) is 4.34. The molecule has 2 fully saturated rings. The molecule has 1 unspecified atom stereocenters. The van der Waals surface area contributed by atoms with E-state index < -0.39 is 5.41 Å². The summed E-state index contributed by atoms with van der Waals surface area (Å²) in [5.74, 6) is 1.14. The molecule has 4 heteroatoms. The minimum Gasteiger partial charge on any atom is -0.339 e. The minimum absolute atomic E-state index is 0.121. The average molecular weight is 280 g/mol. The van der Waals surface area contributed by atoms with Crippen LogP contribution in [0.2, 0.25) is 0 Å². The van der Waals surface area contributed by atoms with Crippen molar-refractivity contribution < 1.29 is 4.79 Å². The van der Waals surface area contributed by atoms with E-state index in [1.54, 1.807) is 0 Å². The third-order valence-electron chi connectivity index (χ3n) is 4.46. The molecule has 1 atom stereocenters. The highest BCUT2D eigenvalue weighted by molar-refractivity contribution is 8.00. The monoisotopic (exact) mass is 280 g/mol. The van der Waals surface area contributed by atoms with E-state index in [4.69, 9.17) is 0 Å². The number of nitrogens with zero attached hydrogens (tertiary/aromatic N) is 2. The van der Waals surface area contributed by atoms with Gasteiger partial charge in [-0.25, -0.2) is 0 Å². The van der Waals surface area contributed by atoms with Crippen LogP contribution in [-0.2, 0) is 4.79 Å². The molecule has 1 aliphatic heterocycles. The van der Waals surface area contributed by atoms with Gasteiger partial charge in [-0.05, 0) is 19.3 Å². The standard InChI is InChI=1S/C15H24N2OS/c1-2-13-11-17(9-10-19-13)14(18)15(12-16)7-5-3-4-6-8-15/h13H,2-11H2,1H3. The van der Waals surface area contributed by atoms with Crippen LogP contribution in [0.4, 0.5) is 0 Å². The van der Waals surface area contributed by atoms with Crippen LogP contribution in [0.1, 0.15) is 51.9 Å². The quantitative estimate of drug-likeness (QED) is 0.730. The summed E-state index contributed by atoms with van der Waals surface area (Å²) in [6.45, 7) is 3.84. The maximum Gasteiger partial charge on any atom is 0.243 e. The number of hydrogen-bond donors (Lipinski definition) is 0. The molecule has 19 heavy (non-hydrogen) atoms. The number of hydrogen-bond acceptors (Lipinski definition) is 3. The van der Waals surface area contributed by atoms with Crippen LogP contribution in [0.25, 0.3) is 0 Å². The SMILES string of the molecule is CCC1CN(C(=O)C2(C#N)CCCCCC2)CCS1. The summed E-state index contributed by atoms with van der Waals surface area (Å²) in [5, 5.41) is 10.1. The van der Waals surface area contributed by atoms with Crippen molar-refractivity contribution in [3.8, 4) is 6.07 Å². The van der Waals surface area contributed by atoms with E-state index in [1.165, 1.54) is 12.8 Å². The molecule has 0 radical (unpaired) electrons. The van der Waals surface area contributed by atoms with Gasteiger partial charge in [0, 0.05) is 24.1 Å². The summed E-state index contributed by atoms with van der Waals surface area (Å²) in [5.41, 5.74) is -0.712. The van der Waals surface area contributed by atoms with Crippen LogP contribution in [0.3, 0.4) is 0 Å². The van der Waals surface area contributed by atoms with Gasteiger partial charge in [-0.3, -0.25) is 4.79 Å². The van der Waals surface area contributed by atoms with E-state index in [-0.39, 0.29) is 5.91 Å². The van der Waals surface area contributed by atoms with Crippen molar-refractivity contribution in [3.05, 3.63) is 0 Å². The Kier molecular flexibility index (Phi) is 5.15. The third kappa shape index (κ3) is 3.25. The molecule has 1 saturated heterocycles. The molecule has 1 heterocycles. The van der Waals surface area contributed by atoms with Crippen LogP contribution in [0.5, 0.6) is 0 Å². The molecule has 0 spiro atoms. The molecule has 1 amide bonds. The van der Waals surface area contributed by atoms with Gasteiger partial charge in [-0.2, -0.15) is 17.0 Å². The normalized spacial score (nSPS) is 27.4. The number of rotatable bonds is 2. The van der Waals surface area contributed by atoms with Crippen molar-refractivity contribution in [2.45, 2.75) is 57.1 Å². The van der Waals surface area contributed by atoms with E-state index in [0.29, 0.717) is 5.25 Å². The number of carbonyl (C=O) groups is 1. The van der Waals surface area contributed by atoms with Crippen LogP contribution in [-0.4, -0.2) is 34.9 Å². The van der Waals surface area contributed by atoms with Crippen molar-refractivity contribution in [1.82, 2.24) is 4.90 Å². The van der Waals surface area contributed by atoms with Gasteiger partial charge in [-0.15, -0.1) is 0 Å². The first kappa shape index (κ1) is 14.7. The lowest BCUT2D eigenvalue weighted by molar-refractivity contribution is -0.139. The molecule has 0 bridgehead atoms. The Morgan fingerprint density at radius 3 is 2.63 bits per heavy atom. The topological polar surface area (TPSA) is 44.1 Å². The molecule has 2 aliphatic rings. The summed E-state index contributed by atoms with van der Waals surface area (Å²) in [7, 11) is 0. The first-order chi connectivity index (χ1) is 9.22. The summed E-state index contributed by atoms with van der Waals surface area (Å²) in [4.78, 5) is 14.8. The molecule has 1 saturated carbocycles. The first-order valence-electron chi connectivity index (χ1n) is 7.54. The van der Waals surface area contributed by atoms with Crippen molar-refractivity contribution in [2.24, 2.45) is 5.41 Å². The summed E-state index contributed by atoms with van der Waals surface area (Å²) in [6, 6.07) is 2.39. The lowest BCUT2D eigenvalue weighted by atomic mass is 9.80. The maximum absolute atomic E-state index is 12.8. The van der Waals surface area contributed by atoms with Gasteiger partial charge in [0.2, 0.25) is 5.91 Å². The van der Waals surface area contributed by atoms with Crippen molar-refractivity contribution in [2.75, 3.05) is 18.8 Å². The Morgan fingerprint density at radius 1 is 1.37 bits per heavy atom. The van der Waals surface area contributed by atoms with E-state index in [1.807, 2.05) is 16.7 Å². The molecule has 106 valence electrons. The summed E-state index contributed by atoms with van der Waals surface area (Å²) >= 11 is 1.96. The van der Waals surface area contributed by atoms with Gasteiger partial charge in [0.05, 0.1) is 6.07 Å². The Bertz CT molecular complexity index is 356. The molecule has 1 aliphatic carbocycles. The number of nitriles is 1. The smallest absolute Gasteiger partial charge is 0.243 e. The average Bonchev–Trinajstić information content (AvgIpc) is 2.73. The Morgan fingerprint density at radius 2 is 2.05 bits per heavy atom. The van der Waals surface area contributed by atoms with Crippen LogP contribution >= 0.6 is 11.8 Å². The second-order valence-corrected chi connectivity index (χ2v) is 7.17. The molecule has 2 rings (SSSR count). The van der Waals surface area contributed by atoms with E-state index in [2.05, 4.69) is 13.0 Å². The zero-order chi connectivity index (χ0) is 13.7. The van der Waals surface area contributed by atoms with Crippen molar-refractivity contribution in [3.63, 3.8) is 0 Å². The van der Waals surface area contributed by atoms with Gasteiger partial charge >= 0.3 is 0 Å². The fraction of sp³-hybridized carbons (Fsp3) is 0.867. The molecule has 0 aromatic carbocycles. The highest BCUT2D eigenvalue weighted by Crippen LogP contribution is 2.37. The Balaban J connectivity index is 2.09. The molecule has 0 aromatic rings. The predicted octanol–water partition coefficient (Wildman–Crippen LogP) is 3.20. The lowest BCUT2D eigenvalue weighted by Crippen LogP contribution is -2.48. The minimum atomic E-state index is -0.712. The van der Waals surface area contributed by atoms with E-state index in [0.717, 1.165) is 50.9 Å².